The third-order valence-corrected chi connectivity index (χ3v) is 6.98. The average Bonchev–Trinajstić information content (AvgIpc) is 3.25. The van der Waals surface area contributed by atoms with Crippen LogP contribution in [0, 0.1) is 11.3 Å². The summed E-state index contributed by atoms with van der Waals surface area (Å²) in [6.45, 7) is 0.432. The minimum Gasteiger partial charge on any atom is -0.384 e. The Morgan fingerprint density at radius 2 is 2.11 bits per heavy atom. The highest BCUT2D eigenvalue weighted by atomic mass is 32.2. The van der Waals surface area contributed by atoms with E-state index in [9.17, 15) is 9.47 Å². The summed E-state index contributed by atoms with van der Waals surface area (Å²) in [4.78, 5) is 13.4. The Kier molecular flexibility index (Phi) is 7.06. The van der Waals surface area contributed by atoms with E-state index in [1.54, 1.807) is 13.3 Å². The number of rotatable bonds is 8. The molecule has 2 aromatic heterocycles. The van der Waals surface area contributed by atoms with Gasteiger partial charge in [0.05, 0.1) is 17.4 Å². The number of nitriles is 1. The Balaban J connectivity index is 2.01. The van der Waals surface area contributed by atoms with Crippen molar-refractivity contribution >= 4 is 33.9 Å². The first kappa shape index (κ1) is 19.6. The van der Waals surface area contributed by atoms with Crippen LogP contribution in [0.25, 0.3) is 22.1 Å². The number of benzene rings is 1. The zero-order valence-electron chi connectivity index (χ0n) is 14.5. The van der Waals surface area contributed by atoms with Crippen LogP contribution in [0.15, 0.2) is 46.9 Å². The van der Waals surface area contributed by atoms with Gasteiger partial charge in [0, 0.05) is 40.8 Å². The van der Waals surface area contributed by atoms with Gasteiger partial charge in [0.1, 0.15) is 16.7 Å². The van der Waals surface area contributed by atoms with Crippen LogP contribution >= 0.6 is 23.1 Å². The van der Waals surface area contributed by atoms with Crippen molar-refractivity contribution in [3.8, 4) is 28.2 Å². The van der Waals surface area contributed by atoms with E-state index in [0.29, 0.717) is 44.6 Å². The molecule has 0 saturated heterocycles. The van der Waals surface area contributed by atoms with Crippen LogP contribution in [-0.2, 0) is 15.5 Å². The zero-order chi connectivity index (χ0) is 19.1. The van der Waals surface area contributed by atoms with E-state index in [1.165, 1.54) is 23.1 Å². The van der Waals surface area contributed by atoms with Gasteiger partial charge in [0.25, 0.3) is 0 Å². The number of thiazole rings is 1. The minimum absolute atomic E-state index is 0.334. The highest BCUT2D eigenvalue weighted by Crippen LogP contribution is 2.32. The Morgan fingerprint density at radius 3 is 2.78 bits per heavy atom. The minimum atomic E-state index is -1.07. The largest absolute Gasteiger partial charge is 0.384 e. The van der Waals surface area contributed by atoms with Crippen LogP contribution in [0.2, 0.25) is 0 Å². The molecule has 0 amide bonds. The van der Waals surface area contributed by atoms with Crippen molar-refractivity contribution in [1.29, 1.82) is 5.26 Å². The lowest BCUT2D eigenvalue weighted by Crippen LogP contribution is -2.07. The lowest BCUT2D eigenvalue weighted by Gasteiger charge is -2.10. The standard InChI is InChI=1S/C18H16N4O2S3/c1-24-8-10-27(23)12-26-17-14(11-19)15(13-5-3-2-4-6-13)21-16(22-17)18-20-7-9-25-18/h2-7,9H,8,10,12H2,1H3. The number of aromatic nitrogens is 3. The maximum absolute atomic E-state index is 12.1. The number of ether oxygens (including phenoxy) is 1. The van der Waals surface area contributed by atoms with Gasteiger partial charge < -0.3 is 4.74 Å². The molecule has 0 N–H and O–H groups in total. The Hall–Kier alpha value is -2.12. The molecule has 3 aromatic rings. The SMILES string of the molecule is COCCS(=O)CSc1nc(-c2nccs2)nc(-c2ccccc2)c1C#N. The van der Waals surface area contributed by atoms with Gasteiger partial charge in [0.2, 0.25) is 0 Å². The molecule has 0 spiro atoms. The average molecular weight is 417 g/mol. The van der Waals surface area contributed by atoms with E-state index < -0.39 is 10.8 Å². The molecule has 0 radical (unpaired) electrons. The van der Waals surface area contributed by atoms with E-state index in [-0.39, 0.29) is 0 Å². The summed E-state index contributed by atoms with van der Waals surface area (Å²) in [5.74, 6) is 0.912. The molecule has 0 aliphatic carbocycles. The van der Waals surface area contributed by atoms with Crippen molar-refractivity contribution in [2.24, 2.45) is 0 Å². The van der Waals surface area contributed by atoms with Crippen molar-refractivity contribution in [1.82, 2.24) is 15.0 Å². The van der Waals surface area contributed by atoms with Gasteiger partial charge >= 0.3 is 0 Å². The normalized spacial score (nSPS) is 11.9. The van der Waals surface area contributed by atoms with E-state index in [1.807, 2.05) is 35.7 Å². The summed E-state index contributed by atoms with van der Waals surface area (Å²) in [7, 11) is 0.508. The van der Waals surface area contributed by atoms with Crippen LogP contribution in [0.1, 0.15) is 5.56 Å². The molecule has 1 atom stereocenters. The smallest absolute Gasteiger partial charge is 0.190 e. The molecular weight excluding hydrogens is 400 g/mol. The molecular formula is C18H16N4O2S3. The molecule has 0 aliphatic rings. The molecule has 0 bridgehead atoms. The van der Waals surface area contributed by atoms with Gasteiger partial charge in [-0.3, -0.25) is 4.21 Å². The van der Waals surface area contributed by atoms with E-state index in [0.717, 1.165) is 5.56 Å². The van der Waals surface area contributed by atoms with E-state index >= 15 is 0 Å². The second-order valence-corrected chi connectivity index (χ2v) is 9.09. The first-order chi connectivity index (χ1) is 13.2. The van der Waals surface area contributed by atoms with Gasteiger partial charge in [0.15, 0.2) is 10.8 Å². The molecule has 0 saturated carbocycles. The number of hydrogen-bond acceptors (Lipinski definition) is 8. The van der Waals surface area contributed by atoms with Crippen LogP contribution < -0.4 is 0 Å². The van der Waals surface area contributed by atoms with E-state index in [4.69, 9.17) is 4.74 Å². The molecule has 1 aromatic carbocycles. The Labute approximate surface area is 168 Å². The number of nitrogens with zero attached hydrogens (tertiary/aromatic N) is 4. The van der Waals surface area contributed by atoms with Crippen molar-refractivity contribution < 1.29 is 8.95 Å². The second-order valence-electron chi connectivity index (χ2n) is 5.29. The molecule has 138 valence electrons. The molecule has 0 fully saturated rings. The Morgan fingerprint density at radius 1 is 1.30 bits per heavy atom. The van der Waals surface area contributed by atoms with Crippen molar-refractivity contribution in [2.75, 3.05) is 24.6 Å². The van der Waals surface area contributed by atoms with Gasteiger partial charge in [-0.05, 0) is 0 Å². The highest BCUT2D eigenvalue weighted by molar-refractivity contribution is 8.10. The molecule has 2 heterocycles. The molecule has 27 heavy (non-hydrogen) atoms. The van der Waals surface area contributed by atoms with Crippen LogP contribution in [-0.4, -0.2) is 43.7 Å². The Bertz CT molecular complexity index is 957. The quantitative estimate of drug-likeness (QED) is 0.409. The van der Waals surface area contributed by atoms with Gasteiger partial charge in [-0.15, -0.1) is 11.3 Å². The van der Waals surface area contributed by atoms with Gasteiger partial charge in [-0.25, -0.2) is 15.0 Å². The molecule has 6 nitrogen and oxygen atoms in total. The third-order valence-electron chi connectivity index (χ3n) is 3.50. The number of hydrogen-bond donors (Lipinski definition) is 0. The number of methoxy groups -OCH3 is 1. The molecule has 1 unspecified atom stereocenters. The zero-order valence-corrected chi connectivity index (χ0v) is 16.9. The van der Waals surface area contributed by atoms with Crippen LogP contribution in [0.3, 0.4) is 0 Å². The van der Waals surface area contributed by atoms with Crippen LogP contribution in [0.4, 0.5) is 0 Å². The van der Waals surface area contributed by atoms with Gasteiger partial charge in [-0.2, -0.15) is 5.26 Å². The predicted octanol–water partition coefficient (Wildman–Crippen LogP) is 3.58. The summed E-state index contributed by atoms with van der Waals surface area (Å²) in [5, 5.41) is 13.1. The van der Waals surface area contributed by atoms with Crippen molar-refractivity contribution in [2.45, 2.75) is 5.03 Å². The maximum Gasteiger partial charge on any atom is 0.190 e. The second kappa shape index (κ2) is 9.71. The topological polar surface area (TPSA) is 88.8 Å². The molecule has 3 rings (SSSR count). The highest BCUT2D eigenvalue weighted by Gasteiger charge is 2.19. The van der Waals surface area contributed by atoms with E-state index in [2.05, 4.69) is 21.0 Å². The fourth-order valence-electron chi connectivity index (χ4n) is 2.24. The summed E-state index contributed by atoms with van der Waals surface area (Å²) >= 11 is 2.73. The first-order valence-corrected chi connectivity index (χ1v) is 11.3. The van der Waals surface area contributed by atoms with Crippen LogP contribution in [0.5, 0.6) is 0 Å². The summed E-state index contributed by atoms with van der Waals surface area (Å²) in [6, 6.07) is 11.7. The van der Waals surface area contributed by atoms with Crippen molar-refractivity contribution in [3.05, 3.63) is 47.5 Å². The summed E-state index contributed by atoms with van der Waals surface area (Å²) in [5.41, 5.74) is 1.77. The summed E-state index contributed by atoms with van der Waals surface area (Å²) < 4.78 is 17.1. The lowest BCUT2D eigenvalue weighted by atomic mass is 10.1. The monoisotopic (exact) mass is 416 g/mol. The fourth-order valence-corrected chi connectivity index (χ4v) is 5.04. The maximum atomic E-state index is 12.1. The molecule has 0 aliphatic heterocycles. The lowest BCUT2D eigenvalue weighted by molar-refractivity contribution is 0.218. The van der Waals surface area contributed by atoms with Gasteiger partial charge in [-0.1, -0.05) is 42.1 Å². The summed E-state index contributed by atoms with van der Waals surface area (Å²) in [6.07, 6.45) is 1.69. The fraction of sp³-hybridized carbons (Fsp3) is 0.222. The third kappa shape index (κ3) is 4.99. The molecule has 9 heteroatoms. The number of thioether (sulfide) groups is 1. The first-order valence-electron chi connectivity index (χ1n) is 7.97. The van der Waals surface area contributed by atoms with Crippen molar-refractivity contribution in [3.63, 3.8) is 0 Å². The predicted molar refractivity (Wildman–Crippen MR) is 109 cm³/mol.